The lowest BCUT2D eigenvalue weighted by atomic mass is 9.85. The van der Waals surface area contributed by atoms with Crippen LogP contribution in [0.1, 0.15) is 38.2 Å². The molecule has 1 aromatic rings. The Balaban J connectivity index is 1.68. The van der Waals surface area contributed by atoms with E-state index in [4.69, 9.17) is 32.8 Å². The number of carbonyl (C=O) groups is 1. The first-order chi connectivity index (χ1) is 15.6. The van der Waals surface area contributed by atoms with Gasteiger partial charge in [0.1, 0.15) is 5.76 Å². The number of carbonyl (C=O) groups excluding carboxylic acids is 1. The van der Waals surface area contributed by atoms with Crippen LogP contribution in [0.5, 0.6) is 0 Å². The molecule has 0 radical (unpaired) electrons. The van der Waals surface area contributed by atoms with Crippen molar-refractivity contribution >= 4 is 34.8 Å². The van der Waals surface area contributed by atoms with Crippen LogP contribution in [0, 0.1) is 5.82 Å². The summed E-state index contributed by atoms with van der Waals surface area (Å²) in [5, 5.41) is 5.45. The Kier molecular flexibility index (Phi) is 6.22. The molecule has 2 aliphatic heterocycles. The van der Waals surface area contributed by atoms with Gasteiger partial charge in [0.2, 0.25) is 5.91 Å². The molecule has 0 fully saturated rings. The number of hydrogen-bond acceptors (Lipinski definition) is 4. The lowest BCUT2D eigenvalue weighted by molar-refractivity contribution is -0.275. The predicted octanol–water partition coefficient (Wildman–Crippen LogP) is 6.08. The average Bonchev–Trinajstić information content (AvgIpc) is 3.40. The second-order valence-electron chi connectivity index (χ2n) is 7.76. The number of halogens is 6. The van der Waals surface area contributed by atoms with Crippen molar-refractivity contribution in [3.05, 3.63) is 68.4 Å². The minimum absolute atomic E-state index is 0.0646. The minimum atomic E-state index is -4.90. The molecule has 5 nitrogen and oxygen atoms in total. The maximum atomic E-state index is 14.3. The molecule has 0 bridgehead atoms. The van der Waals surface area contributed by atoms with Gasteiger partial charge in [-0.3, -0.25) is 4.79 Å². The molecule has 2 heterocycles. The maximum Gasteiger partial charge on any atom is 0.435 e. The third-order valence-corrected chi connectivity index (χ3v) is 6.33. The second-order valence-corrected chi connectivity index (χ2v) is 8.57. The molecule has 1 amide bonds. The van der Waals surface area contributed by atoms with Gasteiger partial charge in [-0.25, -0.2) is 4.39 Å². The predicted molar refractivity (Wildman–Crippen MR) is 114 cm³/mol. The van der Waals surface area contributed by atoms with E-state index in [1.165, 1.54) is 12.3 Å². The van der Waals surface area contributed by atoms with E-state index >= 15 is 0 Å². The molecule has 4 rings (SSSR count). The first-order valence-electron chi connectivity index (χ1n) is 10.1. The third-order valence-electron chi connectivity index (χ3n) is 5.78. The molecule has 0 aromatic heterocycles. The van der Waals surface area contributed by atoms with Gasteiger partial charge in [0.15, 0.2) is 5.82 Å². The van der Waals surface area contributed by atoms with Crippen LogP contribution in [0.25, 0.3) is 0 Å². The standard InChI is InChI=1S/C22H18Cl2F4N2O3/c1-2-18(31)29-10-11-3-4-14-13(5-6-32-20(11)14)17-9-21(33-30-17,22(26,27)28)12-7-15(23)19(25)16(24)8-12/h5-8H,2-4,9-10H2,1H3,(H,29,31). The van der Waals surface area contributed by atoms with Crippen molar-refractivity contribution in [2.45, 2.75) is 44.4 Å². The molecule has 11 heteroatoms. The molecule has 0 saturated carbocycles. The van der Waals surface area contributed by atoms with Crippen molar-refractivity contribution in [2.75, 3.05) is 6.54 Å². The molecule has 1 unspecified atom stereocenters. The average molecular weight is 505 g/mol. The van der Waals surface area contributed by atoms with E-state index in [0.29, 0.717) is 36.2 Å². The highest BCUT2D eigenvalue weighted by atomic mass is 35.5. The maximum absolute atomic E-state index is 14.3. The highest BCUT2D eigenvalue weighted by molar-refractivity contribution is 6.35. The fourth-order valence-electron chi connectivity index (χ4n) is 4.00. The molecule has 0 saturated heterocycles. The molecular weight excluding hydrogens is 487 g/mol. The van der Waals surface area contributed by atoms with Gasteiger partial charge in [0.25, 0.3) is 5.60 Å². The van der Waals surface area contributed by atoms with Crippen molar-refractivity contribution in [1.29, 1.82) is 0 Å². The topological polar surface area (TPSA) is 59.9 Å². The second kappa shape index (κ2) is 8.68. The number of benzene rings is 1. The van der Waals surface area contributed by atoms with Crippen LogP contribution >= 0.6 is 23.2 Å². The number of oxime groups is 1. The van der Waals surface area contributed by atoms with Crippen LogP contribution in [0.15, 0.2) is 52.1 Å². The Hall–Kier alpha value is -2.52. The van der Waals surface area contributed by atoms with Gasteiger partial charge in [-0.1, -0.05) is 35.3 Å². The smallest absolute Gasteiger partial charge is 0.435 e. The molecule has 1 atom stereocenters. The van der Waals surface area contributed by atoms with Crippen LogP contribution in [-0.2, 0) is 20.0 Å². The third kappa shape index (κ3) is 4.12. The van der Waals surface area contributed by atoms with Crippen LogP contribution in [-0.4, -0.2) is 24.3 Å². The summed E-state index contributed by atoms with van der Waals surface area (Å²) in [6.45, 7) is 2.02. The van der Waals surface area contributed by atoms with Crippen molar-refractivity contribution in [3.8, 4) is 0 Å². The number of nitrogens with zero attached hydrogens (tertiary/aromatic N) is 1. The lowest BCUT2D eigenvalue weighted by Gasteiger charge is -2.30. The van der Waals surface area contributed by atoms with E-state index in [2.05, 4.69) is 10.5 Å². The molecule has 0 spiro atoms. The van der Waals surface area contributed by atoms with E-state index in [-0.39, 0.29) is 18.2 Å². The van der Waals surface area contributed by atoms with Crippen LogP contribution in [0.3, 0.4) is 0 Å². The number of ether oxygens (including phenoxy) is 1. The van der Waals surface area contributed by atoms with E-state index in [1.54, 1.807) is 6.92 Å². The summed E-state index contributed by atoms with van der Waals surface area (Å²) >= 11 is 11.5. The highest BCUT2D eigenvalue weighted by Crippen LogP contribution is 2.51. The van der Waals surface area contributed by atoms with Gasteiger partial charge < -0.3 is 14.9 Å². The quantitative estimate of drug-likeness (QED) is 0.390. The zero-order valence-corrected chi connectivity index (χ0v) is 18.8. The Morgan fingerprint density at radius 2 is 1.94 bits per heavy atom. The Morgan fingerprint density at radius 1 is 1.24 bits per heavy atom. The number of alkyl halides is 3. The van der Waals surface area contributed by atoms with Crippen molar-refractivity contribution in [3.63, 3.8) is 0 Å². The normalized spacial score (nSPS) is 22.2. The minimum Gasteiger partial charge on any atom is -0.465 e. The number of hydrogen-bond donors (Lipinski definition) is 1. The Labute approximate surface area is 196 Å². The van der Waals surface area contributed by atoms with Gasteiger partial charge >= 0.3 is 6.18 Å². The van der Waals surface area contributed by atoms with Crippen LogP contribution in [0.4, 0.5) is 17.6 Å². The fraction of sp³-hybridized carbons (Fsp3) is 0.364. The zero-order valence-electron chi connectivity index (χ0n) is 17.3. The summed E-state index contributed by atoms with van der Waals surface area (Å²) in [4.78, 5) is 16.6. The van der Waals surface area contributed by atoms with Crippen molar-refractivity contribution in [1.82, 2.24) is 5.32 Å². The molecule has 33 heavy (non-hydrogen) atoms. The first kappa shape index (κ1) is 23.6. The first-order valence-corrected chi connectivity index (χ1v) is 10.9. The summed E-state index contributed by atoms with van der Waals surface area (Å²) in [7, 11) is 0. The van der Waals surface area contributed by atoms with Gasteiger partial charge in [-0.05, 0) is 36.6 Å². The number of nitrogens with one attached hydrogen (secondary N) is 1. The van der Waals surface area contributed by atoms with Gasteiger partial charge in [0.05, 0.1) is 22.0 Å². The number of fused-ring (bicyclic) bond motifs is 1. The Bertz CT molecular complexity index is 1120. The van der Waals surface area contributed by atoms with Crippen molar-refractivity contribution < 1.29 is 31.9 Å². The molecule has 3 aliphatic rings. The molecular formula is C22H18Cl2F4N2O3. The molecule has 1 aliphatic carbocycles. The molecule has 176 valence electrons. The van der Waals surface area contributed by atoms with E-state index in [9.17, 15) is 22.4 Å². The summed E-state index contributed by atoms with van der Waals surface area (Å²) in [5.41, 5.74) is -1.27. The summed E-state index contributed by atoms with van der Waals surface area (Å²) in [5.74, 6) is -0.615. The summed E-state index contributed by atoms with van der Waals surface area (Å²) in [6, 6.07) is 1.70. The number of allylic oxidation sites excluding steroid dienone is 3. The van der Waals surface area contributed by atoms with Crippen LogP contribution in [0.2, 0.25) is 10.0 Å². The molecule has 1 N–H and O–H groups in total. The molecule has 1 aromatic carbocycles. The highest BCUT2D eigenvalue weighted by Gasteiger charge is 2.62. The fourth-order valence-corrected chi connectivity index (χ4v) is 4.49. The number of amides is 1. The zero-order chi connectivity index (χ0) is 24.0. The van der Waals surface area contributed by atoms with Gasteiger partial charge in [-0.2, -0.15) is 13.2 Å². The SMILES string of the molecule is CCC(=O)NCC1=C2OC=CC(C3=NOC(c4cc(Cl)c(F)c(Cl)c4)(C(F)(F)F)C3)=C2CC1. The Morgan fingerprint density at radius 3 is 2.58 bits per heavy atom. The van der Waals surface area contributed by atoms with E-state index in [1.807, 2.05) is 0 Å². The lowest BCUT2D eigenvalue weighted by Crippen LogP contribution is -2.42. The monoisotopic (exact) mass is 504 g/mol. The van der Waals surface area contributed by atoms with Crippen LogP contribution < -0.4 is 5.32 Å². The van der Waals surface area contributed by atoms with Crippen molar-refractivity contribution in [2.24, 2.45) is 5.16 Å². The largest absolute Gasteiger partial charge is 0.465 e. The van der Waals surface area contributed by atoms with Gasteiger partial charge in [0, 0.05) is 36.1 Å². The summed E-state index contributed by atoms with van der Waals surface area (Å²) in [6.07, 6.45) is -1.23. The number of rotatable bonds is 5. The summed E-state index contributed by atoms with van der Waals surface area (Å²) < 4.78 is 62.2. The van der Waals surface area contributed by atoms with E-state index < -0.39 is 39.6 Å². The van der Waals surface area contributed by atoms with E-state index in [0.717, 1.165) is 17.7 Å². The van der Waals surface area contributed by atoms with Gasteiger partial charge in [-0.15, -0.1) is 0 Å².